The van der Waals surface area contributed by atoms with Gasteiger partial charge in [0.15, 0.2) is 5.78 Å². The number of hydrogen-bond donors (Lipinski definition) is 1. The first-order valence-corrected chi connectivity index (χ1v) is 13.7. The Balaban J connectivity index is 1.40. The number of rotatable bonds is 3. The van der Waals surface area contributed by atoms with Gasteiger partial charge in [-0.05, 0) is 56.2 Å². The Labute approximate surface area is 222 Å². The summed E-state index contributed by atoms with van der Waals surface area (Å²) in [5.41, 5.74) is 1.000. The molecular formula is C27H29F2N5O3S. The molecule has 0 unspecified atom stereocenters. The summed E-state index contributed by atoms with van der Waals surface area (Å²) < 4.78 is 29.5. The van der Waals surface area contributed by atoms with Crippen molar-refractivity contribution in [2.75, 3.05) is 19.4 Å². The molecule has 1 saturated carbocycles. The molecule has 11 heteroatoms. The largest absolute Gasteiger partial charge is 0.349 e. The van der Waals surface area contributed by atoms with Crippen LogP contribution in [0, 0.1) is 12.8 Å². The Bertz CT molecular complexity index is 1550. The Morgan fingerprint density at radius 1 is 1.18 bits per heavy atom. The van der Waals surface area contributed by atoms with Crippen LogP contribution >= 0.6 is 11.3 Å². The van der Waals surface area contributed by atoms with Crippen molar-refractivity contribution >= 4 is 44.7 Å². The number of carbonyl (C=O) groups is 2. The number of aromatic nitrogens is 3. The van der Waals surface area contributed by atoms with E-state index < -0.39 is 17.0 Å². The number of ketones is 1. The third kappa shape index (κ3) is 3.85. The molecule has 0 saturated heterocycles. The van der Waals surface area contributed by atoms with E-state index >= 15 is 0 Å². The SMILES string of the molecule is Cc1cc(Nc2ncnc3sc4c(c23)CC[C@H](C(=O)N(C)C)C4)c(=O)n2c1C(=O)CC21CCC(F)(F)CC1. The van der Waals surface area contributed by atoms with Crippen molar-refractivity contribution in [1.82, 2.24) is 19.4 Å². The van der Waals surface area contributed by atoms with E-state index in [1.165, 1.54) is 10.9 Å². The maximum absolute atomic E-state index is 14.0. The molecule has 8 nitrogen and oxygen atoms in total. The Hall–Kier alpha value is -3.21. The van der Waals surface area contributed by atoms with Gasteiger partial charge in [0.05, 0.1) is 16.6 Å². The molecule has 0 aromatic carbocycles. The summed E-state index contributed by atoms with van der Waals surface area (Å²) in [6.45, 7) is 1.77. The second kappa shape index (κ2) is 8.65. The van der Waals surface area contributed by atoms with Crippen molar-refractivity contribution in [3.05, 3.63) is 44.4 Å². The molecule has 200 valence electrons. The second-order valence-corrected chi connectivity index (χ2v) is 12.2. The van der Waals surface area contributed by atoms with Crippen LogP contribution in [0.4, 0.5) is 20.3 Å². The molecule has 3 aliphatic rings. The van der Waals surface area contributed by atoms with Crippen LogP contribution in [-0.4, -0.2) is 51.1 Å². The number of fused-ring (bicyclic) bond motifs is 5. The number of thiophene rings is 1. The van der Waals surface area contributed by atoms with E-state index in [0.29, 0.717) is 29.9 Å². The van der Waals surface area contributed by atoms with Gasteiger partial charge in [-0.25, -0.2) is 18.7 Å². The summed E-state index contributed by atoms with van der Waals surface area (Å²) in [6.07, 6.45) is 3.08. The quantitative estimate of drug-likeness (QED) is 0.521. The minimum absolute atomic E-state index is 0.0736. The molecule has 1 atom stereocenters. The normalized spacial score (nSPS) is 21.4. The van der Waals surface area contributed by atoms with Crippen LogP contribution in [0.15, 0.2) is 17.2 Å². The molecule has 1 aliphatic heterocycles. The number of anilines is 2. The van der Waals surface area contributed by atoms with Crippen LogP contribution in [-0.2, 0) is 23.2 Å². The highest BCUT2D eigenvalue weighted by molar-refractivity contribution is 7.19. The maximum Gasteiger partial charge on any atom is 0.275 e. The fraction of sp³-hybridized carbons (Fsp3) is 0.519. The van der Waals surface area contributed by atoms with Gasteiger partial charge < -0.3 is 10.2 Å². The number of hydrogen-bond acceptors (Lipinski definition) is 7. The van der Waals surface area contributed by atoms with Crippen LogP contribution in [0.25, 0.3) is 10.2 Å². The Morgan fingerprint density at radius 2 is 1.92 bits per heavy atom. The van der Waals surface area contributed by atoms with E-state index in [4.69, 9.17) is 0 Å². The molecule has 4 heterocycles. The summed E-state index contributed by atoms with van der Waals surface area (Å²) in [4.78, 5) is 51.8. The van der Waals surface area contributed by atoms with E-state index in [1.807, 2.05) is 0 Å². The summed E-state index contributed by atoms with van der Waals surface area (Å²) >= 11 is 1.54. The third-order valence-corrected chi connectivity index (χ3v) is 9.58. The van der Waals surface area contributed by atoms with Gasteiger partial charge in [0.25, 0.3) is 5.56 Å². The smallest absolute Gasteiger partial charge is 0.275 e. The van der Waals surface area contributed by atoms with Crippen molar-refractivity contribution in [3.8, 4) is 0 Å². The zero-order chi connectivity index (χ0) is 27.0. The van der Waals surface area contributed by atoms with Gasteiger partial charge >= 0.3 is 0 Å². The fourth-order valence-corrected chi connectivity index (χ4v) is 7.75. The number of carbonyl (C=O) groups excluding carboxylic acids is 2. The van der Waals surface area contributed by atoms with Gasteiger partial charge in [-0.15, -0.1) is 11.3 Å². The van der Waals surface area contributed by atoms with Gasteiger partial charge in [-0.1, -0.05) is 0 Å². The molecule has 0 bridgehead atoms. The van der Waals surface area contributed by atoms with Crippen molar-refractivity contribution in [3.63, 3.8) is 0 Å². The minimum Gasteiger partial charge on any atom is -0.349 e. The predicted molar refractivity (Wildman–Crippen MR) is 141 cm³/mol. The van der Waals surface area contributed by atoms with E-state index in [0.717, 1.165) is 27.1 Å². The lowest BCUT2D eigenvalue weighted by atomic mass is 9.78. The van der Waals surface area contributed by atoms with Gasteiger partial charge in [-0.2, -0.15) is 0 Å². The highest BCUT2D eigenvalue weighted by Crippen LogP contribution is 2.48. The first-order chi connectivity index (χ1) is 18.0. The third-order valence-electron chi connectivity index (χ3n) is 8.42. The van der Waals surface area contributed by atoms with Gasteiger partial charge in [0.1, 0.15) is 22.7 Å². The first kappa shape index (κ1) is 25.1. The summed E-state index contributed by atoms with van der Waals surface area (Å²) in [7, 11) is 3.54. The van der Waals surface area contributed by atoms with Crippen molar-refractivity contribution in [2.24, 2.45) is 5.92 Å². The molecule has 38 heavy (non-hydrogen) atoms. The first-order valence-electron chi connectivity index (χ1n) is 12.9. The molecule has 2 aliphatic carbocycles. The molecule has 0 radical (unpaired) electrons. The predicted octanol–water partition coefficient (Wildman–Crippen LogP) is 4.59. The number of aryl methyl sites for hydroxylation is 2. The topological polar surface area (TPSA) is 97.2 Å². The van der Waals surface area contributed by atoms with Crippen LogP contribution in [0.5, 0.6) is 0 Å². The highest BCUT2D eigenvalue weighted by atomic mass is 32.1. The van der Waals surface area contributed by atoms with E-state index in [1.54, 1.807) is 43.3 Å². The lowest BCUT2D eigenvalue weighted by molar-refractivity contribution is -0.133. The number of pyridine rings is 1. The van der Waals surface area contributed by atoms with Crippen molar-refractivity contribution in [1.29, 1.82) is 0 Å². The number of halogens is 2. The zero-order valence-corrected chi connectivity index (χ0v) is 22.4. The van der Waals surface area contributed by atoms with Gasteiger partial charge in [0.2, 0.25) is 11.8 Å². The van der Waals surface area contributed by atoms with Crippen LogP contribution in [0.2, 0.25) is 0 Å². The average molecular weight is 542 g/mol. The van der Waals surface area contributed by atoms with Crippen LogP contribution < -0.4 is 10.9 Å². The minimum atomic E-state index is -2.77. The molecule has 6 rings (SSSR count). The summed E-state index contributed by atoms with van der Waals surface area (Å²) in [5, 5.41) is 4.06. The molecule has 3 aromatic heterocycles. The van der Waals surface area contributed by atoms with Crippen molar-refractivity contribution in [2.45, 2.75) is 69.8 Å². The number of amides is 1. The maximum atomic E-state index is 14.0. The van der Waals surface area contributed by atoms with Crippen molar-refractivity contribution < 1.29 is 18.4 Å². The van der Waals surface area contributed by atoms with E-state index in [-0.39, 0.29) is 55.4 Å². The van der Waals surface area contributed by atoms with E-state index in [2.05, 4.69) is 15.3 Å². The zero-order valence-electron chi connectivity index (χ0n) is 21.6. The average Bonchev–Trinajstić information content (AvgIpc) is 3.39. The Morgan fingerprint density at radius 3 is 2.63 bits per heavy atom. The van der Waals surface area contributed by atoms with Gasteiger partial charge in [0, 0.05) is 44.2 Å². The number of alkyl halides is 2. The van der Waals surface area contributed by atoms with E-state index in [9.17, 15) is 23.2 Å². The number of Topliss-reactive ketones (excluding diaryl/α,β-unsaturated/α-hetero) is 1. The lowest BCUT2D eigenvalue weighted by Crippen LogP contribution is -2.44. The molecule has 1 fully saturated rings. The monoisotopic (exact) mass is 541 g/mol. The number of nitrogens with zero attached hydrogens (tertiary/aromatic N) is 4. The standard InChI is InChI=1S/C27H29F2N5O3S/c1-14-10-17(25(37)34-21(14)18(35)12-26(34)6-8-27(28,29)9-7-26)32-22-20-16-5-4-15(24(36)33(2)3)11-19(16)38-23(20)31-13-30-22/h10,13,15H,4-9,11-12H2,1-3H3,(H,30,31,32)/t15-/m0/s1. The highest BCUT2D eigenvalue weighted by Gasteiger charge is 2.51. The molecule has 1 spiro atoms. The van der Waals surface area contributed by atoms with Gasteiger partial charge in [-0.3, -0.25) is 19.0 Å². The molecule has 3 aromatic rings. The van der Waals surface area contributed by atoms with Crippen LogP contribution in [0.1, 0.15) is 65.0 Å². The van der Waals surface area contributed by atoms with Crippen LogP contribution in [0.3, 0.4) is 0 Å². The Kier molecular flexibility index (Phi) is 5.71. The molecule has 1 N–H and O–H groups in total. The molecule has 1 amide bonds. The summed E-state index contributed by atoms with van der Waals surface area (Å²) in [5.74, 6) is -2.41. The second-order valence-electron chi connectivity index (χ2n) is 11.1. The fourth-order valence-electron chi connectivity index (χ4n) is 6.48. The molecular weight excluding hydrogens is 512 g/mol. The summed E-state index contributed by atoms with van der Waals surface area (Å²) in [6, 6.07) is 1.65. The lowest BCUT2D eigenvalue weighted by Gasteiger charge is -2.38. The number of nitrogens with one attached hydrogen (secondary N) is 1.